The van der Waals surface area contributed by atoms with Crippen LogP contribution in [0.1, 0.15) is 50.2 Å². The lowest BCUT2D eigenvalue weighted by Crippen LogP contribution is -2.46. The van der Waals surface area contributed by atoms with E-state index in [0.717, 1.165) is 37.1 Å². The van der Waals surface area contributed by atoms with Gasteiger partial charge in [-0.05, 0) is 81.4 Å². The Bertz CT molecular complexity index is 1600. The number of hydrogen-bond acceptors (Lipinski definition) is 8. The number of aromatic amines is 1. The summed E-state index contributed by atoms with van der Waals surface area (Å²) in [6, 6.07) is 12.7. The van der Waals surface area contributed by atoms with Crippen LogP contribution in [-0.4, -0.2) is 82.9 Å². The molecule has 0 spiro atoms. The number of pyridine rings is 1. The van der Waals surface area contributed by atoms with Crippen LogP contribution in [0, 0.1) is 6.92 Å². The molecule has 41 heavy (non-hydrogen) atoms. The average molecular weight is 556 g/mol. The third kappa shape index (κ3) is 5.28. The van der Waals surface area contributed by atoms with Gasteiger partial charge in [-0.25, -0.2) is 0 Å². The van der Waals surface area contributed by atoms with Crippen molar-refractivity contribution in [1.82, 2.24) is 14.8 Å². The number of aromatic nitrogens is 1. The van der Waals surface area contributed by atoms with Gasteiger partial charge >= 0.3 is 0 Å². The van der Waals surface area contributed by atoms with Gasteiger partial charge in [-0.1, -0.05) is 12.1 Å². The van der Waals surface area contributed by atoms with Crippen molar-refractivity contribution in [2.45, 2.75) is 38.3 Å². The average Bonchev–Trinajstić information content (AvgIpc) is 3.47. The summed E-state index contributed by atoms with van der Waals surface area (Å²) in [6.07, 6.45) is 2.60. The summed E-state index contributed by atoms with van der Waals surface area (Å²) in [4.78, 5) is 50.6. The second kappa shape index (κ2) is 10.9. The summed E-state index contributed by atoms with van der Waals surface area (Å²) in [5, 5.41) is 13.7. The lowest BCUT2D eigenvalue weighted by molar-refractivity contribution is 0.0516. The molecule has 2 aromatic carbocycles. The first-order valence-corrected chi connectivity index (χ1v) is 13.9. The van der Waals surface area contributed by atoms with Crippen LogP contribution in [0.5, 0.6) is 5.75 Å². The second-order valence-corrected chi connectivity index (χ2v) is 11.0. The van der Waals surface area contributed by atoms with Gasteiger partial charge in [0.2, 0.25) is 0 Å². The van der Waals surface area contributed by atoms with Gasteiger partial charge in [-0.3, -0.25) is 24.3 Å². The van der Waals surface area contributed by atoms with Crippen molar-refractivity contribution in [3.8, 4) is 5.75 Å². The Labute approximate surface area is 237 Å². The van der Waals surface area contributed by atoms with Crippen molar-refractivity contribution in [3.63, 3.8) is 0 Å². The number of aryl methyl sites for hydroxylation is 1. The number of piperidine rings is 1. The maximum Gasteiger partial charge on any atom is 0.261 e. The second-order valence-electron chi connectivity index (χ2n) is 11.0. The summed E-state index contributed by atoms with van der Waals surface area (Å²) in [7, 11) is 2.04. The number of carbonyl (C=O) groups excluding carboxylic acids is 2. The molecule has 4 heterocycles. The lowest BCUT2D eigenvalue weighted by Gasteiger charge is -2.33. The molecule has 6 rings (SSSR count). The fourth-order valence-corrected chi connectivity index (χ4v) is 5.78. The summed E-state index contributed by atoms with van der Waals surface area (Å²) in [5.41, 5.74) is 4.33. The van der Waals surface area contributed by atoms with E-state index in [4.69, 9.17) is 9.73 Å². The minimum atomic E-state index is -0.821. The normalized spacial score (nSPS) is 17.8. The zero-order valence-corrected chi connectivity index (χ0v) is 23.1. The molecule has 212 valence electrons. The molecule has 0 saturated carbocycles. The number of likely N-dealkylation sites (tertiary alicyclic amines) is 1. The van der Waals surface area contributed by atoms with Crippen LogP contribution in [0.3, 0.4) is 0 Å². The number of H-pyrrole nitrogens is 1. The number of nitrogens with zero attached hydrogens (tertiary/aromatic N) is 3. The SMILES string of the molecule is Cc1cccc(OCC(O)CNc2cc[nH]c(=O)c2C2=Nc3cc4c(cc3C2)C(=O)N(C2CCN(C)CC2)C4=O)c1. The molecule has 1 atom stereocenters. The largest absolute Gasteiger partial charge is 0.491 e. The molecule has 0 radical (unpaired) electrons. The van der Waals surface area contributed by atoms with Crippen molar-refractivity contribution in [1.29, 1.82) is 0 Å². The van der Waals surface area contributed by atoms with Gasteiger partial charge in [-0.15, -0.1) is 0 Å². The smallest absolute Gasteiger partial charge is 0.261 e. The highest BCUT2D eigenvalue weighted by molar-refractivity contribution is 6.22. The van der Waals surface area contributed by atoms with Gasteiger partial charge in [0, 0.05) is 25.2 Å². The van der Waals surface area contributed by atoms with Gasteiger partial charge in [-0.2, -0.15) is 0 Å². The molecule has 3 aliphatic rings. The molecule has 10 nitrogen and oxygen atoms in total. The standard InChI is InChI=1S/C31H33N5O5/c1-18-4-3-5-22(12-18)41-17-21(37)16-33-25-6-9-32-29(38)28(25)27-14-19-13-23-24(15-26(19)34-27)31(40)36(30(23)39)20-7-10-35(2)11-8-20/h3-6,9,12-13,15,20-21,37H,7-8,10-11,14,16-17H2,1-2H3,(H2,32,33,38). The van der Waals surface area contributed by atoms with Crippen molar-refractivity contribution in [2.24, 2.45) is 4.99 Å². The molecule has 1 saturated heterocycles. The van der Waals surface area contributed by atoms with Crippen LogP contribution in [0.25, 0.3) is 0 Å². The van der Waals surface area contributed by atoms with E-state index in [1.54, 1.807) is 18.2 Å². The molecular weight excluding hydrogens is 522 g/mol. The molecule has 0 aliphatic carbocycles. The van der Waals surface area contributed by atoms with Gasteiger partial charge in [0.15, 0.2) is 0 Å². The van der Waals surface area contributed by atoms with Gasteiger partial charge in [0.25, 0.3) is 17.4 Å². The third-order valence-corrected chi connectivity index (χ3v) is 7.99. The van der Waals surface area contributed by atoms with E-state index in [1.165, 1.54) is 11.1 Å². The molecule has 3 aromatic rings. The van der Waals surface area contributed by atoms with Gasteiger partial charge < -0.3 is 25.0 Å². The van der Waals surface area contributed by atoms with E-state index < -0.39 is 6.10 Å². The summed E-state index contributed by atoms with van der Waals surface area (Å²) < 4.78 is 5.70. The highest BCUT2D eigenvalue weighted by Gasteiger charge is 2.42. The van der Waals surface area contributed by atoms with E-state index in [-0.39, 0.29) is 36.6 Å². The number of aliphatic imine (C=N–C) groups is 1. The fourth-order valence-electron chi connectivity index (χ4n) is 5.78. The third-order valence-electron chi connectivity index (χ3n) is 7.99. The number of aliphatic hydroxyl groups is 1. The Hall–Kier alpha value is -4.28. The number of benzene rings is 2. The van der Waals surface area contributed by atoms with Crippen molar-refractivity contribution in [2.75, 3.05) is 38.6 Å². The number of hydrogen-bond donors (Lipinski definition) is 3. The molecule has 10 heteroatoms. The molecule has 1 fully saturated rings. The van der Waals surface area contributed by atoms with Crippen LogP contribution in [0.15, 0.2) is 58.4 Å². The minimum absolute atomic E-state index is 0.0869. The molecule has 3 aliphatic heterocycles. The molecule has 1 unspecified atom stereocenters. The summed E-state index contributed by atoms with van der Waals surface area (Å²) >= 11 is 0. The molecular formula is C31H33N5O5. The first kappa shape index (κ1) is 26.9. The molecule has 1 aromatic heterocycles. The van der Waals surface area contributed by atoms with Gasteiger partial charge in [0.1, 0.15) is 18.5 Å². The number of fused-ring (bicyclic) bond motifs is 2. The maximum atomic E-state index is 13.3. The Balaban J connectivity index is 1.18. The summed E-state index contributed by atoms with van der Waals surface area (Å²) in [6.45, 7) is 3.91. The number of imide groups is 1. The maximum absolute atomic E-state index is 13.3. The predicted octanol–water partition coefficient (Wildman–Crippen LogP) is 2.90. The summed E-state index contributed by atoms with van der Waals surface area (Å²) in [5.74, 6) is 0.155. The topological polar surface area (TPSA) is 127 Å². The fraction of sp³-hybridized carbons (Fsp3) is 0.355. The molecule has 0 bridgehead atoms. The van der Waals surface area contributed by atoms with Crippen LogP contribution < -0.4 is 15.6 Å². The van der Waals surface area contributed by atoms with Crippen LogP contribution >= 0.6 is 0 Å². The first-order chi connectivity index (χ1) is 19.8. The van der Waals surface area contributed by atoms with E-state index in [9.17, 15) is 19.5 Å². The van der Waals surface area contributed by atoms with Crippen LogP contribution in [0.2, 0.25) is 0 Å². The number of rotatable bonds is 8. The quantitative estimate of drug-likeness (QED) is 0.365. The Kier molecular flexibility index (Phi) is 7.19. The monoisotopic (exact) mass is 555 g/mol. The van der Waals surface area contributed by atoms with Crippen molar-refractivity contribution >= 4 is 28.9 Å². The zero-order valence-electron chi connectivity index (χ0n) is 23.1. The number of aliphatic hydroxyl groups excluding tert-OH is 1. The molecule has 2 amide bonds. The predicted molar refractivity (Wildman–Crippen MR) is 156 cm³/mol. The highest BCUT2D eigenvalue weighted by Crippen LogP contribution is 2.37. The Morgan fingerprint density at radius 1 is 1.10 bits per heavy atom. The van der Waals surface area contributed by atoms with Crippen molar-refractivity contribution < 1.29 is 19.4 Å². The van der Waals surface area contributed by atoms with E-state index in [1.807, 2.05) is 38.2 Å². The Morgan fingerprint density at radius 3 is 2.61 bits per heavy atom. The number of carbonyl (C=O) groups is 2. The van der Waals surface area contributed by atoms with E-state index in [0.29, 0.717) is 45.9 Å². The van der Waals surface area contributed by atoms with Crippen LogP contribution in [0.4, 0.5) is 11.4 Å². The molecule has 3 N–H and O–H groups in total. The van der Waals surface area contributed by atoms with Gasteiger partial charge in [0.05, 0.1) is 33.8 Å². The van der Waals surface area contributed by atoms with Crippen LogP contribution in [-0.2, 0) is 6.42 Å². The first-order valence-electron chi connectivity index (χ1n) is 13.9. The highest BCUT2D eigenvalue weighted by atomic mass is 16.5. The lowest BCUT2D eigenvalue weighted by atomic mass is 10.00. The number of ether oxygens (including phenoxy) is 1. The minimum Gasteiger partial charge on any atom is -0.491 e. The van der Waals surface area contributed by atoms with E-state index >= 15 is 0 Å². The number of anilines is 1. The zero-order chi connectivity index (χ0) is 28.7. The Morgan fingerprint density at radius 2 is 1.85 bits per heavy atom. The number of nitrogens with one attached hydrogen (secondary N) is 2. The number of amides is 2. The van der Waals surface area contributed by atoms with E-state index in [2.05, 4.69) is 15.2 Å². The van der Waals surface area contributed by atoms with Crippen molar-refractivity contribution in [3.05, 3.63) is 86.8 Å².